The molecule has 10 heteroatoms. The summed E-state index contributed by atoms with van der Waals surface area (Å²) >= 11 is 0. The maximum Gasteiger partial charge on any atom is 0.269 e. The number of aromatic nitrogens is 2. The number of anilines is 1. The molecule has 4 aliphatic heterocycles. The highest BCUT2D eigenvalue weighted by atomic mass is 16.6. The molecule has 40 heavy (non-hydrogen) atoms. The maximum atomic E-state index is 14.6. The summed E-state index contributed by atoms with van der Waals surface area (Å²) in [5, 5.41) is 11.8. The van der Waals surface area contributed by atoms with Gasteiger partial charge >= 0.3 is 0 Å². The minimum absolute atomic E-state index is 0.104. The fourth-order valence-electron chi connectivity index (χ4n) is 7.86. The molecule has 5 heterocycles. The number of amides is 2. The fourth-order valence-corrected chi connectivity index (χ4v) is 7.86. The first-order chi connectivity index (χ1) is 19.4. The molecular formula is C30H23N5O5. The average Bonchev–Trinajstić information content (AvgIpc) is 3.66. The SMILES string of the molecule is Cc1cc([N+](=O)[O-])ccc1N1C(=O)[C@H]2[C@@H](C1=O)[C@@]1(c3ccccc3-n3c1nc1ccccc1c3=O)N1CCC[C@@H]21. The van der Waals surface area contributed by atoms with Gasteiger partial charge in [-0.15, -0.1) is 0 Å². The number of nitro groups is 1. The fraction of sp³-hybridized carbons (Fsp3) is 0.267. The Balaban J connectivity index is 1.41. The molecule has 3 saturated heterocycles. The Morgan fingerprint density at radius 1 is 0.975 bits per heavy atom. The van der Waals surface area contributed by atoms with Crippen molar-refractivity contribution in [3.05, 3.63) is 104 Å². The average molecular weight is 534 g/mol. The summed E-state index contributed by atoms with van der Waals surface area (Å²) in [6.45, 7) is 2.34. The topological polar surface area (TPSA) is 119 Å². The number of nitro benzene ring substituents is 1. The number of para-hydroxylation sites is 2. The first-order valence-electron chi connectivity index (χ1n) is 13.4. The minimum Gasteiger partial charge on any atom is -0.283 e. The molecule has 0 aliphatic carbocycles. The molecule has 1 spiro atoms. The van der Waals surface area contributed by atoms with Gasteiger partial charge in [-0.25, -0.2) is 9.88 Å². The molecule has 4 aliphatic rings. The van der Waals surface area contributed by atoms with E-state index in [0.29, 0.717) is 40.2 Å². The van der Waals surface area contributed by atoms with E-state index in [0.717, 1.165) is 18.4 Å². The van der Waals surface area contributed by atoms with Crippen molar-refractivity contribution in [3.8, 4) is 5.69 Å². The monoisotopic (exact) mass is 533 g/mol. The van der Waals surface area contributed by atoms with Crippen molar-refractivity contribution in [3.63, 3.8) is 0 Å². The second-order valence-electron chi connectivity index (χ2n) is 11.0. The Morgan fingerprint density at radius 2 is 1.75 bits per heavy atom. The van der Waals surface area contributed by atoms with E-state index in [2.05, 4.69) is 4.90 Å². The molecule has 10 nitrogen and oxygen atoms in total. The lowest BCUT2D eigenvalue weighted by molar-refractivity contribution is -0.384. The first-order valence-corrected chi connectivity index (χ1v) is 13.4. The van der Waals surface area contributed by atoms with Gasteiger partial charge in [-0.05, 0) is 56.1 Å². The standard InChI is InChI=1S/C30H23N5O5/c1-16-15-17(35(39)40)12-13-21(16)33-27(37)24-23-11-6-14-32(23)30(25(24)28(33)38)19-8-3-5-10-22(19)34-26(36)18-7-2-4-9-20(18)31-29(30)34/h2-5,7-10,12-13,15,23-25H,6,11,14H2,1H3/t23-,24+,25-,30+/m0/s1. The smallest absolute Gasteiger partial charge is 0.269 e. The first kappa shape index (κ1) is 23.2. The van der Waals surface area contributed by atoms with Gasteiger partial charge in [0.2, 0.25) is 11.8 Å². The Labute approximate surface area is 227 Å². The second kappa shape index (κ2) is 7.70. The number of hydrogen-bond acceptors (Lipinski definition) is 7. The van der Waals surface area contributed by atoms with Crippen LogP contribution in [0.1, 0.15) is 29.8 Å². The van der Waals surface area contributed by atoms with Crippen molar-refractivity contribution in [2.75, 3.05) is 11.4 Å². The Hall–Kier alpha value is -4.70. The molecule has 0 N–H and O–H groups in total. The third-order valence-corrected chi connectivity index (χ3v) is 9.27. The van der Waals surface area contributed by atoms with Crippen LogP contribution in [0.15, 0.2) is 71.5 Å². The van der Waals surface area contributed by atoms with Crippen molar-refractivity contribution in [1.29, 1.82) is 0 Å². The number of nitrogens with zero attached hydrogens (tertiary/aromatic N) is 5. The number of hydrogen-bond donors (Lipinski definition) is 0. The Bertz CT molecular complexity index is 1900. The Morgan fingerprint density at radius 3 is 2.55 bits per heavy atom. The lowest BCUT2D eigenvalue weighted by Gasteiger charge is -2.38. The van der Waals surface area contributed by atoms with Crippen LogP contribution in [0.2, 0.25) is 0 Å². The van der Waals surface area contributed by atoms with E-state index in [9.17, 15) is 24.5 Å². The molecule has 198 valence electrons. The molecule has 1 aromatic heterocycles. The number of carbonyl (C=O) groups excluding carboxylic acids is 2. The lowest BCUT2D eigenvalue weighted by atomic mass is 9.75. The highest BCUT2D eigenvalue weighted by molar-refractivity contribution is 6.23. The van der Waals surface area contributed by atoms with Crippen molar-refractivity contribution in [2.24, 2.45) is 11.8 Å². The molecule has 0 bridgehead atoms. The summed E-state index contributed by atoms with van der Waals surface area (Å²) in [6.07, 6.45) is 1.60. The molecular weight excluding hydrogens is 510 g/mol. The van der Waals surface area contributed by atoms with Crippen molar-refractivity contribution < 1.29 is 14.5 Å². The highest BCUT2D eigenvalue weighted by Crippen LogP contribution is 2.62. The quantitative estimate of drug-likeness (QED) is 0.220. The lowest BCUT2D eigenvalue weighted by Crippen LogP contribution is -2.51. The van der Waals surface area contributed by atoms with E-state index in [1.165, 1.54) is 23.1 Å². The summed E-state index contributed by atoms with van der Waals surface area (Å²) in [4.78, 5) is 62.1. The van der Waals surface area contributed by atoms with Crippen molar-refractivity contribution in [2.45, 2.75) is 31.3 Å². The molecule has 2 amide bonds. The van der Waals surface area contributed by atoms with Crippen LogP contribution >= 0.6 is 0 Å². The number of rotatable bonds is 2. The van der Waals surface area contributed by atoms with Gasteiger partial charge in [0.1, 0.15) is 11.4 Å². The van der Waals surface area contributed by atoms with Gasteiger partial charge in [-0.3, -0.25) is 34.0 Å². The molecule has 8 rings (SSSR count). The number of fused-ring (bicyclic) bond motifs is 11. The van der Waals surface area contributed by atoms with E-state index in [1.54, 1.807) is 29.7 Å². The zero-order chi connectivity index (χ0) is 27.5. The Kier molecular flexibility index (Phi) is 4.47. The molecule has 4 atom stereocenters. The van der Waals surface area contributed by atoms with Crippen LogP contribution in [0.3, 0.4) is 0 Å². The van der Waals surface area contributed by atoms with Crippen molar-refractivity contribution >= 4 is 34.1 Å². The molecule has 0 saturated carbocycles. The number of non-ortho nitro benzene ring substituents is 1. The predicted octanol–water partition coefficient (Wildman–Crippen LogP) is 3.44. The summed E-state index contributed by atoms with van der Waals surface area (Å²) in [6, 6.07) is 18.8. The zero-order valence-electron chi connectivity index (χ0n) is 21.5. The van der Waals surface area contributed by atoms with Crippen LogP contribution in [0.5, 0.6) is 0 Å². The van der Waals surface area contributed by atoms with Crippen LogP contribution in [-0.2, 0) is 15.1 Å². The van der Waals surface area contributed by atoms with E-state index in [1.807, 2.05) is 30.3 Å². The third-order valence-electron chi connectivity index (χ3n) is 9.27. The summed E-state index contributed by atoms with van der Waals surface area (Å²) in [7, 11) is 0. The van der Waals surface area contributed by atoms with Crippen molar-refractivity contribution in [1.82, 2.24) is 14.5 Å². The third kappa shape index (κ3) is 2.57. The molecule has 0 radical (unpaired) electrons. The zero-order valence-corrected chi connectivity index (χ0v) is 21.5. The molecule has 0 unspecified atom stereocenters. The number of benzene rings is 3. The summed E-state index contributed by atoms with van der Waals surface area (Å²) in [5.74, 6) is -1.64. The summed E-state index contributed by atoms with van der Waals surface area (Å²) in [5.41, 5.74) is 1.45. The van der Waals surface area contributed by atoms with Crippen LogP contribution in [0.4, 0.5) is 11.4 Å². The largest absolute Gasteiger partial charge is 0.283 e. The van der Waals surface area contributed by atoms with E-state index in [-0.39, 0.29) is 29.1 Å². The van der Waals surface area contributed by atoms with Crippen LogP contribution in [0.25, 0.3) is 16.6 Å². The van der Waals surface area contributed by atoms with Gasteiger partial charge in [-0.1, -0.05) is 30.3 Å². The maximum absolute atomic E-state index is 14.6. The number of carbonyl (C=O) groups is 2. The van der Waals surface area contributed by atoms with Gasteiger partial charge in [0.05, 0.1) is 39.0 Å². The van der Waals surface area contributed by atoms with E-state index < -0.39 is 22.3 Å². The van der Waals surface area contributed by atoms with Crippen LogP contribution in [-0.4, -0.2) is 43.8 Å². The van der Waals surface area contributed by atoms with E-state index >= 15 is 0 Å². The normalized spacial score (nSPS) is 26.4. The molecule has 3 aromatic carbocycles. The van der Waals surface area contributed by atoms with Gasteiger partial charge in [0, 0.05) is 23.7 Å². The molecule has 3 fully saturated rings. The highest BCUT2D eigenvalue weighted by Gasteiger charge is 2.73. The van der Waals surface area contributed by atoms with Gasteiger partial charge in [0.25, 0.3) is 11.2 Å². The van der Waals surface area contributed by atoms with Crippen LogP contribution < -0.4 is 10.5 Å². The van der Waals surface area contributed by atoms with Gasteiger partial charge in [0.15, 0.2) is 0 Å². The second-order valence-corrected chi connectivity index (χ2v) is 11.0. The number of imide groups is 1. The predicted molar refractivity (Wildman–Crippen MR) is 145 cm³/mol. The van der Waals surface area contributed by atoms with Gasteiger partial charge in [-0.2, -0.15) is 0 Å². The molecule has 4 aromatic rings. The van der Waals surface area contributed by atoms with E-state index in [4.69, 9.17) is 4.98 Å². The number of aryl methyl sites for hydroxylation is 1. The minimum atomic E-state index is -1.10. The van der Waals surface area contributed by atoms with Gasteiger partial charge < -0.3 is 0 Å². The summed E-state index contributed by atoms with van der Waals surface area (Å²) < 4.78 is 1.63. The van der Waals surface area contributed by atoms with Crippen LogP contribution in [0, 0.1) is 28.9 Å².